The first-order chi connectivity index (χ1) is 12.9. The Morgan fingerprint density at radius 1 is 0.692 bits per heavy atom. The van der Waals surface area contributed by atoms with Crippen LogP contribution >= 0.6 is 0 Å². The van der Waals surface area contributed by atoms with E-state index >= 15 is 0 Å². The number of rotatable bonds is 0. The maximum atomic E-state index is 6.15. The molecule has 1 aromatic carbocycles. The highest BCUT2D eigenvalue weighted by Crippen LogP contribution is 2.56. The molecule has 0 aliphatic carbocycles. The molecule has 3 aromatic rings. The lowest BCUT2D eigenvalue weighted by molar-refractivity contribution is 0.232. The highest BCUT2D eigenvalue weighted by Gasteiger charge is 2.36. The van der Waals surface area contributed by atoms with Crippen molar-refractivity contribution >= 4 is 33.2 Å². The Balaban J connectivity index is 1.71. The fourth-order valence-corrected chi connectivity index (χ4v) is 4.40. The summed E-state index contributed by atoms with van der Waals surface area (Å²) in [6.45, 7) is 3.81. The third-order valence-corrected chi connectivity index (χ3v) is 5.52. The van der Waals surface area contributed by atoms with Gasteiger partial charge in [-0.15, -0.1) is 0 Å². The molecule has 6 heterocycles. The zero-order valence-corrected chi connectivity index (χ0v) is 13.8. The Morgan fingerprint density at radius 3 is 1.69 bits per heavy atom. The van der Waals surface area contributed by atoms with E-state index in [0.29, 0.717) is 26.7 Å². The van der Waals surface area contributed by atoms with Crippen LogP contribution in [0.5, 0.6) is 23.0 Å². The summed E-state index contributed by atoms with van der Waals surface area (Å²) in [7, 11) is 0. The van der Waals surface area contributed by atoms with E-state index in [2.05, 4.69) is 19.8 Å². The van der Waals surface area contributed by atoms with Crippen LogP contribution in [-0.4, -0.2) is 49.7 Å². The number of ether oxygens (including phenoxy) is 4. The average Bonchev–Trinajstić information content (AvgIpc) is 2.70. The van der Waals surface area contributed by atoms with E-state index < -0.39 is 0 Å². The molecule has 0 bridgehead atoms. The van der Waals surface area contributed by atoms with Gasteiger partial charge < -0.3 is 28.7 Å². The molecule has 0 fully saturated rings. The molecule has 26 heavy (non-hydrogen) atoms. The minimum Gasteiger partial charge on any atom is -0.488 e. The Hall–Kier alpha value is -3.16. The van der Waals surface area contributed by atoms with E-state index in [1.165, 1.54) is 0 Å². The predicted molar refractivity (Wildman–Crippen MR) is 93.7 cm³/mol. The molecule has 8 heteroatoms. The van der Waals surface area contributed by atoms with Gasteiger partial charge in [0, 0.05) is 0 Å². The van der Waals surface area contributed by atoms with Crippen LogP contribution in [-0.2, 0) is 0 Å². The lowest BCUT2D eigenvalue weighted by atomic mass is 10.0. The topological polar surface area (TPSA) is 69.2 Å². The Labute approximate surface area is 147 Å². The Morgan fingerprint density at radius 2 is 1.19 bits per heavy atom. The van der Waals surface area contributed by atoms with Gasteiger partial charge in [0.05, 0.1) is 47.6 Å². The number of fused-ring (bicyclic) bond motifs is 2. The van der Waals surface area contributed by atoms with Gasteiger partial charge in [-0.25, -0.2) is 9.97 Å². The Kier molecular flexibility index (Phi) is 2.18. The van der Waals surface area contributed by atoms with Crippen molar-refractivity contribution in [1.82, 2.24) is 9.97 Å². The van der Waals surface area contributed by atoms with Crippen LogP contribution in [0.1, 0.15) is 0 Å². The number of benzene rings is 1. The van der Waals surface area contributed by atoms with E-state index in [9.17, 15) is 0 Å². The van der Waals surface area contributed by atoms with E-state index in [0.717, 1.165) is 69.3 Å². The SMILES string of the molecule is c1nc2c3c(c4c5c6c(cnc52)OCCN6CO4)OCN2CCOc1c32. The molecule has 0 unspecified atom stereocenters. The van der Waals surface area contributed by atoms with Crippen molar-refractivity contribution in [1.29, 1.82) is 0 Å². The fraction of sp³-hybridized carbons (Fsp3) is 0.333. The number of nitrogens with zero attached hydrogens (tertiary/aromatic N) is 4. The van der Waals surface area contributed by atoms with Gasteiger partial charge in [0.15, 0.2) is 36.5 Å². The largest absolute Gasteiger partial charge is 0.488 e. The molecule has 0 N–H and O–H groups in total. The van der Waals surface area contributed by atoms with E-state index in [-0.39, 0.29) is 0 Å². The molecule has 4 aliphatic heterocycles. The molecule has 0 radical (unpaired) electrons. The van der Waals surface area contributed by atoms with E-state index in [1.807, 2.05) is 0 Å². The van der Waals surface area contributed by atoms with Crippen molar-refractivity contribution in [2.75, 3.05) is 49.6 Å². The van der Waals surface area contributed by atoms with Crippen LogP contribution in [0.3, 0.4) is 0 Å². The third-order valence-electron chi connectivity index (χ3n) is 5.52. The highest BCUT2D eigenvalue weighted by atomic mass is 16.5. The molecule has 8 nitrogen and oxygen atoms in total. The molecule has 130 valence electrons. The summed E-state index contributed by atoms with van der Waals surface area (Å²) in [5, 5.41) is 1.85. The maximum Gasteiger partial charge on any atom is 0.176 e. The molecule has 2 aromatic heterocycles. The standard InChI is InChI=1S/C18H14N4O4/c1-3-23-9-5-19-13-11-15(9)21(1)7-25-17(11)18-12-14(13)20-6-10-16(12)22(8-26-18)2-4-24-10/h5-6H,1-4,7-8H2. The molecule has 0 atom stereocenters. The normalized spacial score (nSPS) is 18.9. The summed E-state index contributed by atoms with van der Waals surface area (Å²) in [4.78, 5) is 13.7. The minimum absolute atomic E-state index is 0.479. The number of anilines is 2. The number of hydrogen-bond acceptors (Lipinski definition) is 8. The second-order valence-electron chi connectivity index (χ2n) is 6.82. The van der Waals surface area contributed by atoms with Gasteiger partial charge in [0.1, 0.15) is 24.2 Å². The van der Waals surface area contributed by atoms with Crippen LogP contribution in [0.4, 0.5) is 11.4 Å². The van der Waals surface area contributed by atoms with E-state index in [1.54, 1.807) is 12.4 Å². The first kappa shape index (κ1) is 13.1. The van der Waals surface area contributed by atoms with Gasteiger partial charge in [-0.1, -0.05) is 0 Å². The second kappa shape index (κ2) is 4.32. The quantitative estimate of drug-likeness (QED) is 0.569. The van der Waals surface area contributed by atoms with Crippen LogP contribution in [0.25, 0.3) is 21.8 Å². The lowest BCUT2D eigenvalue weighted by Gasteiger charge is -2.39. The van der Waals surface area contributed by atoms with Gasteiger partial charge in [-0.05, 0) is 0 Å². The predicted octanol–water partition coefficient (Wildman–Crippen LogP) is 1.88. The van der Waals surface area contributed by atoms with Crippen molar-refractivity contribution in [3.05, 3.63) is 12.4 Å². The molecule has 0 saturated heterocycles. The van der Waals surface area contributed by atoms with Gasteiger partial charge in [-0.2, -0.15) is 0 Å². The molecular weight excluding hydrogens is 336 g/mol. The van der Waals surface area contributed by atoms with Crippen LogP contribution in [0, 0.1) is 0 Å². The summed E-state index contributed by atoms with van der Waals surface area (Å²) < 4.78 is 24.0. The van der Waals surface area contributed by atoms with Gasteiger partial charge in [0.25, 0.3) is 0 Å². The fourth-order valence-electron chi connectivity index (χ4n) is 4.40. The van der Waals surface area contributed by atoms with Crippen molar-refractivity contribution < 1.29 is 18.9 Å². The molecule has 0 spiro atoms. The summed E-state index contributed by atoms with van der Waals surface area (Å²) in [6.07, 6.45) is 3.58. The molecule has 0 saturated carbocycles. The van der Waals surface area contributed by atoms with Crippen molar-refractivity contribution in [3.63, 3.8) is 0 Å². The summed E-state index contributed by atoms with van der Waals surface area (Å²) in [5.74, 6) is 3.05. The van der Waals surface area contributed by atoms with Gasteiger partial charge >= 0.3 is 0 Å². The van der Waals surface area contributed by atoms with Crippen molar-refractivity contribution in [2.24, 2.45) is 0 Å². The number of hydrogen-bond donors (Lipinski definition) is 0. The summed E-state index contributed by atoms with van der Waals surface area (Å²) in [5.41, 5.74) is 3.68. The third kappa shape index (κ3) is 1.39. The van der Waals surface area contributed by atoms with Crippen LogP contribution < -0.4 is 28.7 Å². The average molecular weight is 350 g/mol. The highest BCUT2D eigenvalue weighted by molar-refractivity contribution is 6.19. The second-order valence-corrected chi connectivity index (χ2v) is 6.82. The summed E-state index contributed by atoms with van der Waals surface area (Å²) >= 11 is 0. The summed E-state index contributed by atoms with van der Waals surface area (Å²) in [6, 6.07) is 0. The van der Waals surface area contributed by atoms with Crippen molar-refractivity contribution in [3.8, 4) is 23.0 Å². The zero-order chi connectivity index (χ0) is 16.8. The van der Waals surface area contributed by atoms with E-state index in [4.69, 9.17) is 18.9 Å². The van der Waals surface area contributed by atoms with Gasteiger partial charge in [0.2, 0.25) is 0 Å². The molecule has 0 amide bonds. The monoisotopic (exact) mass is 350 g/mol. The zero-order valence-electron chi connectivity index (χ0n) is 13.8. The van der Waals surface area contributed by atoms with Crippen LogP contribution in [0.2, 0.25) is 0 Å². The smallest absolute Gasteiger partial charge is 0.176 e. The first-order valence-corrected chi connectivity index (χ1v) is 8.72. The molecular formula is C18H14N4O4. The molecule has 7 rings (SSSR count). The maximum absolute atomic E-state index is 6.15. The lowest BCUT2D eigenvalue weighted by Crippen LogP contribution is -2.40. The number of pyridine rings is 2. The first-order valence-electron chi connectivity index (χ1n) is 8.72. The van der Waals surface area contributed by atoms with Crippen LogP contribution in [0.15, 0.2) is 12.4 Å². The molecule has 4 aliphatic rings. The Bertz CT molecular complexity index is 1040. The minimum atomic E-state index is 0.479. The number of aromatic nitrogens is 2. The van der Waals surface area contributed by atoms with Gasteiger partial charge in [-0.3, -0.25) is 0 Å². The van der Waals surface area contributed by atoms with Crippen molar-refractivity contribution in [2.45, 2.75) is 0 Å².